The summed E-state index contributed by atoms with van der Waals surface area (Å²) in [6.07, 6.45) is 2.23. The SMILES string of the molecule is CC(C)(C(=O)O)C12CC(NC(=O)c3cccc(Cl)c3)(C1)C2. The molecule has 0 saturated heterocycles. The van der Waals surface area contributed by atoms with Crippen molar-refractivity contribution in [2.75, 3.05) is 0 Å². The second-order valence-electron chi connectivity index (χ2n) is 6.99. The van der Waals surface area contributed by atoms with Gasteiger partial charge in [-0.25, -0.2) is 0 Å². The third kappa shape index (κ3) is 1.96. The maximum atomic E-state index is 12.2. The molecule has 112 valence electrons. The zero-order valence-corrected chi connectivity index (χ0v) is 12.8. The molecule has 1 aromatic carbocycles. The van der Waals surface area contributed by atoms with Crippen LogP contribution in [0.4, 0.5) is 0 Å². The number of amides is 1. The molecule has 3 saturated carbocycles. The van der Waals surface area contributed by atoms with Gasteiger partial charge in [0, 0.05) is 16.1 Å². The van der Waals surface area contributed by atoms with Crippen molar-refractivity contribution in [1.29, 1.82) is 0 Å². The first kappa shape index (κ1) is 14.4. The standard InChI is InChI=1S/C16H18ClNO3/c1-14(2,13(20)21)15-7-16(8-15,9-15)18-12(19)10-4-3-5-11(17)6-10/h3-6H,7-9H2,1-2H3,(H,18,19)(H,20,21). The van der Waals surface area contributed by atoms with Gasteiger partial charge in [0.1, 0.15) is 0 Å². The summed E-state index contributed by atoms with van der Waals surface area (Å²) in [4.78, 5) is 23.6. The van der Waals surface area contributed by atoms with E-state index < -0.39 is 11.4 Å². The quantitative estimate of drug-likeness (QED) is 0.898. The van der Waals surface area contributed by atoms with Gasteiger partial charge in [0.2, 0.25) is 0 Å². The zero-order chi connectivity index (χ0) is 15.5. The molecule has 1 amide bonds. The highest BCUT2D eigenvalue weighted by atomic mass is 35.5. The first-order chi connectivity index (χ1) is 9.70. The number of benzene rings is 1. The average molecular weight is 308 g/mol. The van der Waals surface area contributed by atoms with E-state index in [1.54, 1.807) is 38.1 Å². The van der Waals surface area contributed by atoms with Crippen LogP contribution in [0.5, 0.6) is 0 Å². The molecule has 0 spiro atoms. The number of carbonyl (C=O) groups is 2. The highest BCUT2D eigenvalue weighted by molar-refractivity contribution is 6.30. The van der Waals surface area contributed by atoms with E-state index in [-0.39, 0.29) is 16.9 Å². The van der Waals surface area contributed by atoms with Gasteiger partial charge in [0.25, 0.3) is 5.91 Å². The van der Waals surface area contributed by atoms with Crippen LogP contribution in [0.3, 0.4) is 0 Å². The van der Waals surface area contributed by atoms with E-state index >= 15 is 0 Å². The average Bonchev–Trinajstić information content (AvgIpc) is 2.31. The molecule has 0 unspecified atom stereocenters. The Morgan fingerprint density at radius 3 is 2.43 bits per heavy atom. The van der Waals surface area contributed by atoms with Gasteiger partial charge in [-0.1, -0.05) is 17.7 Å². The molecule has 5 heteroatoms. The van der Waals surface area contributed by atoms with E-state index in [0.29, 0.717) is 10.6 Å². The molecule has 0 radical (unpaired) electrons. The Hall–Kier alpha value is -1.55. The lowest BCUT2D eigenvalue weighted by Gasteiger charge is -2.74. The van der Waals surface area contributed by atoms with E-state index in [9.17, 15) is 14.7 Å². The van der Waals surface area contributed by atoms with Gasteiger partial charge >= 0.3 is 5.97 Å². The normalized spacial score (nSPS) is 30.0. The number of hydrogen-bond donors (Lipinski definition) is 2. The number of aliphatic carboxylic acids is 1. The van der Waals surface area contributed by atoms with Crippen LogP contribution < -0.4 is 5.32 Å². The first-order valence-corrected chi connectivity index (χ1v) is 7.39. The van der Waals surface area contributed by atoms with Crippen LogP contribution in [0, 0.1) is 10.8 Å². The largest absolute Gasteiger partial charge is 0.481 e. The minimum atomic E-state index is -0.767. The van der Waals surface area contributed by atoms with E-state index in [0.717, 1.165) is 19.3 Å². The van der Waals surface area contributed by atoms with Crippen LogP contribution in [0.25, 0.3) is 0 Å². The summed E-state index contributed by atoms with van der Waals surface area (Å²) in [7, 11) is 0. The smallest absolute Gasteiger partial charge is 0.309 e. The summed E-state index contributed by atoms with van der Waals surface area (Å²) in [5.41, 5.74) is -0.582. The minimum absolute atomic E-state index is 0.140. The molecular formula is C16H18ClNO3. The Kier molecular flexibility index (Phi) is 2.90. The van der Waals surface area contributed by atoms with Crippen LogP contribution in [0.1, 0.15) is 43.5 Å². The predicted octanol–water partition coefficient (Wildman–Crippen LogP) is 3.10. The van der Waals surface area contributed by atoms with Crippen molar-refractivity contribution in [3.8, 4) is 0 Å². The second-order valence-corrected chi connectivity index (χ2v) is 7.42. The Morgan fingerprint density at radius 1 is 1.29 bits per heavy atom. The Morgan fingerprint density at radius 2 is 1.90 bits per heavy atom. The molecule has 0 atom stereocenters. The van der Waals surface area contributed by atoms with E-state index in [1.807, 2.05) is 0 Å². The van der Waals surface area contributed by atoms with Crippen molar-refractivity contribution in [1.82, 2.24) is 5.32 Å². The lowest BCUT2D eigenvalue weighted by Crippen LogP contribution is -2.79. The van der Waals surface area contributed by atoms with E-state index in [4.69, 9.17) is 11.6 Å². The number of hydrogen-bond acceptors (Lipinski definition) is 2. The monoisotopic (exact) mass is 307 g/mol. The van der Waals surface area contributed by atoms with Gasteiger partial charge in [0.05, 0.1) is 5.41 Å². The molecule has 0 aromatic heterocycles. The molecule has 3 aliphatic carbocycles. The summed E-state index contributed by atoms with van der Waals surface area (Å²) in [5.74, 6) is -0.907. The van der Waals surface area contributed by atoms with Crippen LogP contribution >= 0.6 is 11.6 Å². The first-order valence-electron chi connectivity index (χ1n) is 7.01. The Balaban J connectivity index is 1.66. The zero-order valence-electron chi connectivity index (χ0n) is 12.1. The van der Waals surface area contributed by atoms with Gasteiger partial charge in [-0.15, -0.1) is 0 Å². The van der Waals surface area contributed by atoms with Crippen molar-refractivity contribution in [3.05, 3.63) is 34.9 Å². The number of carbonyl (C=O) groups excluding carboxylic acids is 1. The number of halogens is 1. The fourth-order valence-electron chi connectivity index (χ4n) is 3.75. The number of nitrogens with one attached hydrogen (secondary N) is 1. The molecule has 4 nitrogen and oxygen atoms in total. The molecule has 2 N–H and O–H groups in total. The summed E-state index contributed by atoms with van der Waals surface area (Å²) < 4.78 is 0. The maximum Gasteiger partial charge on any atom is 0.309 e. The third-order valence-electron chi connectivity index (χ3n) is 5.36. The van der Waals surface area contributed by atoms with E-state index in [1.165, 1.54) is 0 Å². The van der Waals surface area contributed by atoms with Gasteiger partial charge in [-0.3, -0.25) is 9.59 Å². The highest BCUT2D eigenvalue weighted by Crippen LogP contribution is 2.74. The van der Waals surface area contributed by atoms with Crippen LogP contribution in [0.15, 0.2) is 24.3 Å². The summed E-state index contributed by atoms with van der Waals surface area (Å²) >= 11 is 5.89. The van der Waals surface area contributed by atoms with Crippen molar-refractivity contribution in [2.45, 2.75) is 38.6 Å². The molecule has 0 heterocycles. The summed E-state index contributed by atoms with van der Waals surface area (Å²) in [6, 6.07) is 6.83. The lowest BCUT2D eigenvalue weighted by molar-refractivity contribution is -0.225. The molecule has 0 aliphatic heterocycles. The molecule has 3 aliphatic rings. The van der Waals surface area contributed by atoms with Crippen molar-refractivity contribution >= 4 is 23.5 Å². The van der Waals surface area contributed by atoms with Crippen LogP contribution in [0.2, 0.25) is 5.02 Å². The summed E-state index contributed by atoms with van der Waals surface area (Å²) in [6.45, 7) is 3.55. The third-order valence-corrected chi connectivity index (χ3v) is 5.59. The molecule has 4 rings (SSSR count). The Labute approximate surface area is 128 Å². The van der Waals surface area contributed by atoms with Crippen LogP contribution in [-0.2, 0) is 4.79 Å². The molecule has 2 bridgehead atoms. The maximum absolute atomic E-state index is 12.2. The number of carboxylic acids is 1. The topological polar surface area (TPSA) is 66.4 Å². The van der Waals surface area contributed by atoms with Crippen molar-refractivity contribution in [2.24, 2.45) is 10.8 Å². The lowest BCUT2D eigenvalue weighted by atomic mass is 9.32. The fraction of sp³-hybridized carbons (Fsp3) is 0.500. The number of carboxylic acid groups (broad SMARTS) is 1. The van der Waals surface area contributed by atoms with Crippen molar-refractivity contribution in [3.63, 3.8) is 0 Å². The molecule has 3 fully saturated rings. The van der Waals surface area contributed by atoms with Gasteiger partial charge in [-0.05, 0) is 56.7 Å². The molecule has 21 heavy (non-hydrogen) atoms. The van der Waals surface area contributed by atoms with Gasteiger partial charge in [0.15, 0.2) is 0 Å². The Bertz CT molecular complexity index is 618. The second kappa shape index (κ2) is 4.23. The summed E-state index contributed by atoms with van der Waals surface area (Å²) in [5, 5.41) is 12.9. The highest BCUT2D eigenvalue weighted by Gasteiger charge is 2.75. The fourth-order valence-corrected chi connectivity index (χ4v) is 3.94. The van der Waals surface area contributed by atoms with E-state index in [2.05, 4.69) is 5.32 Å². The van der Waals surface area contributed by atoms with Gasteiger partial charge in [-0.2, -0.15) is 0 Å². The number of rotatable bonds is 4. The van der Waals surface area contributed by atoms with Crippen LogP contribution in [-0.4, -0.2) is 22.5 Å². The van der Waals surface area contributed by atoms with Gasteiger partial charge < -0.3 is 10.4 Å². The predicted molar refractivity (Wildman–Crippen MR) is 79.4 cm³/mol. The minimum Gasteiger partial charge on any atom is -0.481 e. The van der Waals surface area contributed by atoms with Crippen molar-refractivity contribution < 1.29 is 14.7 Å². The molecular weight excluding hydrogens is 290 g/mol. The molecule has 1 aromatic rings.